The number of halogens is 3. The molecule has 1 N–H and O–H groups in total. The van der Waals surface area contributed by atoms with E-state index in [1.165, 1.54) is 14.2 Å². The van der Waals surface area contributed by atoms with Gasteiger partial charge in [0.05, 0.1) is 20.6 Å². The van der Waals surface area contributed by atoms with Crippen molar-refractivity contribution in [3.63, 3.8) is 0 Å². The van der Waals surface area contributed by atoms with Crippen LogP contribution in [0.4, 0.5) is 13.2 Å². The molecule has 0 amide bonds. The molecule has 0 saturated heterocycles. The van der Waals surface area contributed by atoms with Crippen LogP contribution < -0.4 is 14.8 Å². The molecule has 0 radical (unpaired) electrons. The highest BCUT2D eigenvalue weighted by atomic mass is 19.4. The van der Waals surface area contributed by atoms with Crippen molar-refractivity contribution in [2.75, 3.05) is 20.8 Å². The molecule has 0 aliphatic heterocycles. The number of hydrogen-bond acceptors (Lipinski definition) is 3. The molecule has 0 bridgehead atoms. The Kier molecular flexibility index (Phi) is 5.47. The molecular weight excluding hydrogens is 259 g/mol. The first-order valence-corrected chi connectivity index (χ1v) is 5.93. The minimum atomic E-state index is -4.25. The number of methoxy groups -OCH3 is 2. The molecule has 3 nitrogen and oxygen atoms in total. The van der Waals surface area contributed by atoms with Crippen LogP contribution in [0.3, 0.4) is 0 Å². The van der Waals surface area contributed by atoms with Crippen LogP contribution in [0, 0.1) is 0 Å². The lowest BCUT2D eigenvalue weighted by atomic mass is 10.0. The topological polar surface area (TPSA) is 30.5 Å². The second-order valence-corrected chi connectivity index (χ2v) is 4.04. The van der Waals surface area contributed by atoms with E-state index in [0.717, 1.165) is 0 Å². The fourth-order valence-corrected chi connectivity index (χ4v) is 1.88. The van der Waals surface area contributed by atoms with Crippen LogP contribution in [0.25, 0.3) is 0 Å². The van der Waals surface area contributed by atoms with Crippen molar-refractivity contribution in [1.29, 1.82) is 0 Å². The molecule has 108 valence electrons. The number of alkyl halides is 3. The van der Waals surface area contributed by atoms with E-state index in [1.54, 1.807) is 25.1 Å². The van der Waals surface area contributed by atoms with E-state index in [0.29, 0.717) is 23.6 Å². The molecule has 1 aromatic rings. The molecule has 0 spiro atoms. The molecule has 0 aliphatic rings. The zero-order valence-electron chi connectivity index (χ0n) is 11.2. The number of ether oxygens (including phenoxy) is 2. The molecule has 1 atom stereocenters. The van der Waals surface area contributed by atoms with Gasteiger partial charge in [0.1, 0.15) is 11.5 Å². The van der Waals surface area contributed by atoms with Crippen molar-refractivity contribution in [3.8, 4) is 11.5 Å². The normalized spacial score (nSPS) is 13.2. The van der Waals surface area contributed by atoms with Crippen LogP contribution in [-0.4, -0.2) is 26.9 Å². The van der Waals surface area contributed by atoms with Crippen LogP contribution in [0.5, 0.6) is 11.5 Å². The molecular formula is C13H18F3NO2. The predicted molar refractivity (Wildman–Crippen MR) is 66.6 cm³/mol. The third-order valence-corrected chi connectivity index (χ3v) is 2.70. The Balaban J connectivity index is 3.12. The third kappa shape index (κ3) is 4.63. The monoisotopic (exact) mass is 277 g/mol. The molecule has 6 heteroatoms. The molecule has 1 rings (SSSR count). The highest BCUT2D eigenvalue weighted by Gasteiger charge is 2.33. The third-order valence-electron chi connectivity index (χ3n) is 2.70. The average Bonchev–Trinajstić information content (AvgIpc) is 2.36. The van der Waals surface area contributed by atoms with Gasteiger partial charge in [0.15, 0.2) is 0 Å². The quantitative estimate of drug-likeness (QED) is 0.865. The Morgan fingerprint density at radius 1 is 1.21 bits per heavy atom. The van der Waals surface area contributed by atoms with Gasteiger partial charge in [-0.1, -0.05) is 6.92 Å². The standard InChI is InChI=1S/C13H18F3NO2/c1-4-17-11(8-13(14,15)16)10-7-9(18-2)5-6-12(10)19-3/h5-7,11,17H,4,8H2,1-3H3. The van der Waals surface area contributed by atoms with Gasteiger partial charge in [-0.3, -0.25) is 0 Å². The number of hydrogen-bond donors (Lipinski definition) is 1. The van der Waals surface area contributed by atoms with Crippen molar-refractivity contribution in [1.82, 2.24) is 5.32 Å². The van der Waals surface area contributed by atoms with Gasteiger partial charge in [-0.2, -0.15) is 13.2 Å². The van der Waals surface area contributed by atoms with Crippen molar-refractivity contribution < 1.29 is 22.6 Å². The summed E-state index contributed by atoms with van der Waals surface area (Å²) in [6, 6.07) is 3.97. The summed E-state index contributed by atoms with van der Waals surface area (Å²) < 4.78 is 48.0. The molecule has 1 aromatic carbocycles. The Labute approximate surface area is 110 Å². The summed E-state index contributed by atoms with van der Waals surface area (Å²) >= 11 is 0. The molecule has 19 heavy (non-hydrogen) atoms. The molecule has 0 aliphatic carbocycles. The lowest BCUT2D eigenvalue weighted by molar-refractivity contribution is -0.140. The van der Waals surface area contributed by atoms with E-state index in [4.69, 9.17) is 9.47 Å². The Morgan fingerprint density at radius 3 is 2.37 bits per heavy atom. The summed E-state index contributed by atoms with van der Waals surface area (Å²) in [6.45, 7) is 2.19. The Hall–Kier alpha value is -1.43. The Bertz CT molecular complexity index is 407. The first kappa shape index (κ1) is 15.6. The summed E-state index contributed by atoms with van der Waals surface area (Å²) in [6.07, 6.45) is -5.20. The summed E-state index contributed by atoms with van der Waals surface area (Å²) in [7, 11) is 2.90. The average molecular weight is 277 g/mol. The van der Waals surface area contributed by atoms with E-state index < -0.39 is 18.6 Å². The molecule has 0 heterocycles. The zero-order valence-corrected chi connectivity index (χ0v) is 11.2. The van der Waals surface area contributed by atoms with Gasteiger partial charge in [-0.15, -0.1) is 0 Å². The van der Waals surface area contributed by atoms with Crippen LogP contribution >= 0.6 is 0 Å². The molecule has 0 saturated carbocycles. The largest absolute Gasteiger partial charge is 0.497 e. The maximum atomic E-state index is 12.6. The molecule has 0 aromatic heterocycles. The summed E-state index contributed by atoms with van der Waals surface area (Å²) in [5.41, 5.74) is 0.445. The summed E-state index contributed by atoms with van der Waals surface area (Å²) in [5.74, 6) is 0.914. The van der Waals surface area contributed by atoms with Crippen LogP contribution in [-0.2, 0) is 0 Å². The minimum absolute atomic E-state index is 0.413. The highest BCUT2D eigenvalue weighted by Crippen LogP contribution is 2.35. The second-order valence-electron chi connectivity index (χ2n) is 4.04. The van der Waals surface area contributed by atoms with Gasteiger partial charge in [-0.25, -0.2) is 0 Å². The lowest BCUT2D eigenvalue weighted by Crippen LogP contribution is -2.27. The van der Waals surface area contributed by atoms with Gasteiger partial charge in [-0.05, 0) is 24.7 Å². The lowest BCUT2D eigenvalue weighted by Gasteiger charge is -2.22. The van der Waals surface area contributed by atoms with Gasteiger partial charge in [0.2, 0.25) is 0 Å². The Morgan fingerprint density at radius 2 is 1.89 bits per heavy atom. The van der Waals surface area contributed by atoms with Crippen molar-refractivity contribution in [2.45, 2.75) is 25.6 Å². The van der Waals surface area contributed by atoms with Crippen LogP contribution in [0.2, 0.25) is 0 Å². The highest BCUT2D eigenvalue weighted by molar-refractivity contribution is 5.42. The van der Waals surface area contributed by atoms with E-state index in [-0.39, 0.29) is 0 Å². The first-order chi connectivity index (χ1) is 8.91. The van der Waals surface area contributed by atoms with E-state index in [2.05, 4.69) is 5.32 Å². The summed E-state index contributed by atoms with van der Waals surface area (Å²) in [4.78, 5) is 0. The minimum Gasteiger partial charge on any atom is -0.497 e. The predicted octanol–water partition coefficient (Wildman–Crippen LogP) is 3.31. The smallest absolute Gasteiger partial charge is 0.390 e. The maximum absolute atomic E-state index is 12.6. The van der Waals surface area contributed by atoms with E-state index >= 15 is 0 Å². The van der Waals surface area contributed by atoms with Gasteiger partial charge in [0.25, 0.3) is 0 Å². The summed E-state index contributed by atoms with van der Waals surface area (Å²) in [5, 5.41) is 2.83. The number of rotatable bonds is 6. The SMILES string of the molecule is CCNC(CC(F)(F)F)c1cc(OC)ccc1OC. The van der Waals surface area contributed by atoms with Gasteiger partial charge < -0.3 is 14.8 Å². The zero-order chi connectivity index (χ0) is 14.5. The molecule has 0 fully saturated rings. The van der Waals surface area contributed by atoms with Crippen molar-refractivity contribution in [3.05, 3.63) is 23.8 Å². The van der Waals surface area contributed by atoms with E-state index in [1.807, 2.05) is 0 Å². The fraction of sp³-hybridized carbons (Fsp3) is 0.538. The van der Waals surface area contributed by atoms with Gasteiger partial charge in [0, 0.05) is 11.6 Å². The fourth-order valence-electron chi connectivity index (χ4n) is 1.88. The van der Waals surface area contributed by atoms with Crippen LogP contribution in [0.15, 0.2) is 18.2 Å². The number of nitrogens with one attached hydrogen (secondary N) is 1. The first-order valence-electron chi connectivity index (χ1n) is 5.93. The molecule has 1 unspecified atom stereocenters. The number of benzene rings is 1. The van der Waals surface area contributed by atoms with E-state index in [9.17, 15) is 13.2 Å². The van der Waals surface area contributed by atoms with Crippen molar-refractivity contribution >= 4 is 0 Å². The maximum Gasteiger partial charge on any atom is 0.390 e. The van der Waals surface area contributed by atoms with Crippen LogP contribution in [0.1, 0.15) is 24.9 Å². The van der Waals surface area contributed by atoms with Crippen molar-refractivity contribution in [2.24, 2.45) is 0 Å². The second kappa shape index (κ2) is 6.65. The van der Waals surface area contributed by atoms with Gasteiger partial charge >= 0.3 is 6.18 Å².